The second-order valence-corrected chi connectivity index (χ2v) is 14.6. The Balaban J connectivity index is 2.43. The van der Waals surface area contributed by atoms with Gasteiger partial charge in [-0.25, -0.2) is 0 Å². The van der Waals surface area contributed by atoms with Gasteiger partial charge in [-0.15, -0.1) is 0 Å². The van der Waals surface area contributed by atoms with Crippen LogP contribution in [0.15, 0.2) is 12.1 Å². The van der Waals surface area contributed by atoms with Crippen molar-refractivity contribution in [1.82, 2.24) is 19.7 Å². The lowest BCUT2D eigenvalue weighted by Gasteiger charge is -2.32. The van der Waals surface area contributed by atoms with E-state index in [1.807, 2.05) is 89.1 Å². The Labute approximate surface area is 269 Å². The smallest absolute Gasteiger partial charge is 0.320 e. The van der Waals surface area contributed by atoms with Gasteiger partial charge in [-0.05, 0) is 86.6 Å². The Morgan fingerprint density at radius 2 is 1.14 bits per heavy atom. The molecule has 0 unspecified atom stereocenters. The third-order valence-electron chi connectivity index (χ3n) is 6.09. The molecule has 250 valence electrons. The molecule has 0 atom stereocenters. The molecule has 0 amide bonds. The average molecular weight is 639 g/mol. The lowest BCUT2D eigenvalue weighted by atomic mass is 10.2. The molecule has 1 aromatic heterocycles. The number of nitrogens with zero attached hydrogens (tertiary/aromatic N) is 4. The lowest BCUT2D eigenvalue weighted by Crippen LogP contribution is -2.45. The maximum atomic E-state index is 12.9. The third-order valence-corrected chi connectivity index (χ3v) is 6.41. The van der Waals surface area contributed by atoms with Crippen molar-refractivity contribution in [1.29, 1.82) is 0 Å². The Morgan fingerprint density at radius 1 is 0.705 bits per heavy atom. The van der Waals surface area contributed by atoms with Gasteiger partial charge in [-0.1, -0.05) is 0 Å². The Hall–Kier alpha value is -2.41. The van der Waals surface area contributed by atoms with E-state index in [2.05, 4.69) is 12.6 Å². The molecule has 12 heteroatoms. The van der Waals surface area contributed by atoms with E-state index in [0.29, 0.717) is 63.1 Å². The maximum absolute atomic E-state index is 12.9. The fourth-order valence-corrected chi connectivity index (χ4v) is 4.62. The van der Waals surface area contributed by atoms with Crippen molar-refractivity contribution >= 4 is 30.5 Å². The summed E-state index contributed by atoms with van der Waals surface area (Å²) in [7, 11) is 0. The Kier molecular flexibility index (Phi) is 14.4. The minimum Gasteiger partial charge on any atom is -0.492 e. The minimum absolute atomic E-state index is 0.0459. The summed E-state index contributed by atoms with van der Waals surface area (Å²) in [6.45, 7) is 19.8. The summed E-state index contributed by atoms with van der Waals surface area (Å²) in [5, 5.41) is 0. The van der Waals surface area contributed by atoms with Crippen LogP contribution in [-0.2, 0) is 41.7 Å². The predicted molar refractivity (Wildman–Crippen MR) is 173 cm³/mol. The zero-order valence-electron chi connectivity index (χ0n) is 28.2. The minimum atomic E-state index is -0.622. The highest BCUT2D eigenvalue weighted by Gasteiger charge is 2.26. The number of esters is 3. The van der Waals surface area contributed by atoms with Crippen LogP contribution in [0.5, 0.6) is 5.75 Å². The number of aromatic nitrogens is 1. The summed E-state index contributed by atoms with van der Waals surface area (Å²) in [5.41, 5.74) is -0.416. The first kappa shape index (κ1) is 37.8. The van der Waals surface area contributed by atoms with Crippen LogP contribution in [0.1, 0.15) is 80.1 Å². The van der Waals surface area contributed by atoms with Crippen molar-refractivity contribution in [2.75, 3.05) is 58.2 Å². The average Bonchev–Trinajstić information content (AvgIpc) is 2.82. The van der Waals surface area contributed by atoms with Gasteiger partial charge in [0.1, 0.15) is 22.6 Å². The van der Waals surface area contributed by atoms with Gasteiger partial charge in [0, 0.05) is 39.3 Å². The molecule has 1 aliphatic rings. The number of hydrogen-bond donors (Lipinski definition) is 1. The van der Waals surface area contributed by atoms with Crippen LogP contribution in [0, 0.1) is 0 Å². The van der Waals surface area contributed by atoms with E-state index in [1.54, 1.807) is 0 Å². The molecule has 0 spiro atoms. The maximum Gasteiger partial charge on any atom is 0.320 e. The highest BCUT2D eigenvalue weighted by Crippen LogP contribution is 2.22. The Bertz CT molecular complexity index is 1100. The van der Waals surface area contributed by atoms with E-state index in [4.69, 9.17) is 23.9 Å². The number of carbonyl (C=O) groups excluding carboxylic acids is 3. The van der Waals surface area contributed by atoms with Gasteiger partial charge in [-0.3, -0.25) is 34.1 Å². The monoisotopic (exact) mass is 638 g/mol. The highest BCUT2D eigenvalue weighted by molar-refractivity contribution is 7.80. The summed E-state index contributed by atoms with van der Waals surface area (Å²) >= 11 is 4.29. The molecular formula is C32H54N4O7S. The van der Waals surface area contributed by atoms with E-state index in [9.17, 15) is 14.4 Å². The number of thiol groups is 1. The number of rotatable bonds is 10. The Morgan fingerprint density at radius 3 is 1.59 bits per heavy atom. The molecule has 0 radical (unpaired) electrons. The van der Waals surface area contributed by atoms with E-state index in [-0.39, 0.29) is 37.5 Å². The molecule has 0 aliphatic carbocycles. The molecule has 0 N–H and O–H groups in total. The molecule has 0 saturated carbocycles. The molecule has 0 saturated heterocycles. The van der Waals surface area contributed by atoms with Crippen molar-refractivity contribution in [3.8, 4) is 5.75 Å². The van der Waals surface area contributed by atoms with Crippen LogP contribution in [0.2, 0.25) is 0 Å². The molecule has 11 nitrogen and oxygen atoms in total. The third kappa shape index (κ3) is 16.1. The van der Waals surface area contributed by atoms with Crippen LogP contribution in [0.4, 0.5) is 0 Å². The van der Waals surface area contributed by atoms with E-state index < -0.39 is 16.8 Å². The van der Waals surface area contributed by atoms with Crippen molar-refractivity contribution < 1.29 is 33.3 Å². The van der Waals surface area contributed by atoms with Crippen molar-refractivity contribution in [2.24, 2.45) is 0 Å². The van der Waals surface area contributed by atoms with Crippen molar-refractivity contribution in [3.63, 3.8) is 0 Å². The fourth-order valence-electron chi connectivity index (χ4n) is 4.49. The molecule has 0 fully saturated rings. The second kappa shape index (κ2) is 16.8. The number of fused-ring (bicyclic) bond motifs is 2. The zero-order valence-corrected chi connectivity index (χ0v) is 29.1. The van der Waals surface area contributed by atoms with E-state index >= 15 is 0 Å². The van der Waals surface area contributed by atoms with Gasteiger partial charge in [0.05, 0.1) is 37.6 Å². The normalized spacial score (nSPS) is 16.4. The van der Waals surface area contributed by atoms with Gasteiger partial charge in [0.2, 0.25) is 0 Å². The van der Waals surface area contributed by atoms with Crippen molar-refractivity contribution in [2.45, 2.75) is 98.6 Å². The van der Waals surface area contributed by atoms with Crippen LogP contribution >= 0.6 is 12.6 Å². The van der Waals surface area contributed by atoms with Gasteiger partial charge in [-0.2, -0.15) is 12.6 Å². The zero-order chi connectivity index (χ0) is 33.1. The lowest BCUT2D eigenvalue weighted by molar-refractivity contribution is -0.158. The van der Waals surface area contributed by atoms with Crippen LogP contribution in [0.25, 0.3) is 0 Å². The standard InChI is InChI=1S/C32H54N4O7S/c1-30(2,3)41-27(37)21-34-13-15-35(22-28(38)42-31(4,5)6)19-24-11-12-26(40-17-10-18-44)25(33-24)20-36(16-14-34)23-29(39)43-32(7,8)9/h11-12,44H,10,13-23H2,1-9H3. The highest BCUT2D eigenvalue weighted by atomic mass is 32.1. The molecule has 1 aliphatic heterocycles. The van der Waals surface area contributed by atoms with E-state index in [0.717, 1.165) is 12.1 Å². The second-order valence-electron chi connectivity index (χ2n) is 14.1. The summed E-state index contributed by atoms with van der Waals surface area (Å²) in [4.78, 5) is 49.5. The number of carbonyl (C=O) groups is 3. The first-order valence-electron chi connectivity index (χ1n) is 15.4. The first-order chi connectivity index (χ1) is 20.3. The summed E-state index contributed by atoms with van der Waals surface area (Å²) in [6.07, 6.45) is 0.773. The van der Waals surface area contributed by atoms with Crippen LogP contribution in [-0.4, -0.2) is 113 Å². The van der Waals surface area contributed by atoms with Gasteiger partial charge in [0.25, 0.3) is 0 Å². The largest absolute Gasteiger partial charge is 0.492 e. The number of hydrogen-bond acceptors (Lipinski definition) is 12. The van der Waals surface area contributed by atoms with Crippen LogP contribution in [0.3, 0.4) is 0 Å². The topological polar surface area (TPSA) is 111 Å². The van der Waals surface area contributed by atoms with E-state index in [1.165, 1.54) is 0 Å². The van der Waals surface area contributed by atoms with Crippen LogP contribution < -0.4 is 4.74 Å². The quantitative estimate of drug-likeness (QED) is 0.175. The van der Waals surface area contributed by atoms with Gasteiger partial charge >= 0.3 is 17.9 Å². The number of ether oxygens (including phenoxy) is 4. The summed E-state index contributed by atoms with van der Waals surface area (Å²) in [5.74, 6) is 0.303. The van der Waals surface area contributed by atoms with Gasteiger partial charge < -0.3 is 18.9 Å². The summed E-state index contributed by atoms with van der Waals surface area (Å²) < 4.78 is 22.9. The molecule has 0 aromatic carbocycles. The molecular weight excluding hydrogens is 584 g/mol. The molecule has 44 heavy (non-hydrogen) atoms. The van der Waals surface area contributed by atoms with Crippen molar-refractivity contribution in [3.05, 3.63) is 23.5 Å². The molecule has 1 aromatic rings. The molecule has 2 heterocycles. The first-order valence-corrected chi connectivity index (χ1v) is 16.0. The molecule has 2 rings (SSSR count). The number of pyridine rings is 1. The SMILES string of the molecule is CC(C)(C)OC(=O)CN1CCN(CC(=O)OC(C)(C)C)Cc2ccc(OCCCS)c(n2)CN(CC(=O)OC(C)(C)C)CC1. The van der Waals surface area contributed by atoms with Gasteiger partial charge in [0.15, 0.2) is 0 Å². The summed E-state index contributed by atoms with van der Waals surface area (Å²) in [6, 6.07) is 3.79. The molecule has 2 bridgehead atoms. The fraction of sp³-hybridized carbons (Fsp3) is 0.750. The predicted octanol–water partition coefficient (Wildman–Crippen LogP) is 3.73.